The van der Waals surface area contributed by atoms with E-state index in [9.17, 15) is 4.79 Å². The third kappa shape index (κ3) is 4.93. The summed E-state index contributed by atoms with van der Waals surface area (Å²) in [6.07, 6.45) is 1.26. The minimum absolute atomic E-state index is 0.0401. The van der Waals surface area contributed by atoms with E-state index in [-0.39, 0.29) is 18.4 Å². The topological polar surface area (TPSA) is 67.6 Å². The molecule has 1 N–H and O–H groups in total. The van der Waals surface area contributed by atoms with Gasteiger partial charge in [-0.05, 0) is 24.5 Å². The summed E-state index contributed by atoms with van der Waals surface area (Å²) in [5.41, 5.74) is 3.21. The Bertz CT molecular complexity index is 705. The lowest BCUT2D eigenvalue weighted by atomic mass is 10.0. The third-order valence-electron chi connectivity index (χ3n) is 4.77. The first kappa shape index (κ1) is 18.6. The quantitative estimate of drug-likeness (QED) is 0.823. The largest absolute Gasteiger partial charge is 0.379 e. The van der Waals surface area contributed by atoms with Crippen LogP contribution in [0.25, 0.3) is 0 Å². The number of morpholine rings is 1. The maximum absolute atomic E-state index is 12.3. The highest BCUT2D eigenvalue weighted by atomic mass is 16.5. The second kappa shape index (κ2) is 8.96. The van der Waals surface area contributed by atoms with Gasteiger partial charge in [-0.25, -0.2) is 0 Å². The summed E-state index contributed by atoms with van der Waals surface area (Å²) < 4.78 is 10.5. The summed E-state index contributed by atoms with van der Waals surface area (Å²) in [4.78, 5) is 14.7. The molecule has 6 heteroatoms. The molecule has 3 rings (SSSR count). The normalized spacial score (nSPS) is 16.4. The maximum Gasteiger partial charge on any atom is 0.226 e. The van der Waals surface area contributed by atoms with Crippen LogP contribution in [0.2, 0.25) is 0 Å². The molecule has 1 atom stereocenters. The molecular formula is C20H27N3O3. The summed E-state index contributed by atoms with van der Waals surface area (Å²) in [6.45, 7) is 7.76. The van der Waals surface area contributed by atoms with Crippen LogP contribution in [0.3, 0.4) is 0 Å². The zero-order valence-electron chi connectivity index (χ0n) is 15.5. The van der Waals surface area contributed by atoms with E-state index in [1.54, 1.807) is 6.07 Å². The lowest BCUT2D eigenvalue weighted by Crippen LogP contribution is -2.44. The number of hydrogen-bond acceptors (Lipinski definition) is 5. The number of hydrogen-bond donors (Lipinski definition) is 1. The van der Waals surface area contributed by atoms with Crippen molar-refractivity contribution in [3.63, 3.8) is 0 Å². The zero-order valence-corrected chi connectivity index (χ0v) is 15.5. The molecule has 0 aliphatic carbocycles. The molecule has 6 nitrogen and oxygen atoms in total. The fraction of sp³-hybridized carbons (Fsp3) is 0.500. The van der Waals surface area contributed by atoms with Crippen LogP contribution in [0.1, 0.15) is 35.5 Å². The summed E-state index contributed by atoms with van der Waals surface area (Å²) in [7, 11) is 0. The van der Waals surface area contributed by atoms with Crippen LogP contribution in [0.5, 0.6) is 0 Å². The van der Waals surface area contributed by atoms with Crippen molar-refractivity contribution in [1.29, 1.82) is 0 Å². The predicted molar refractivity (Wildman–Crippen MR) is 98.9 cm³/mol. The second-order valence-electron chi connectivity index (χ2n) is 6.67. The van der Waals surface area contributed by atoms with E-state index in [4.69, 9.17) is 9.26 Å². The average Bonchev–Trinajstić information content (AvgIpc) is 3.08. The van der Waals surface area contributed by atoms with E-state index in [0.29, 0.717) is 12.2 Å². The van der Waals surface area contributed by atoms with Crippen LogP contribution in [0, 0.1) is 6.92 Å². The monoisotopic (exact) mass is 357 g/mol. The molecule has 1 fully saturated rings. The Kier molecular flexibility index (Phi) is 6.41. The zero-order chi connectivity index (χ0) is 18.4. The second-order valence-corrected chi connectivity index (χ2v) is 6.67. The van der Waals surface area contributed by atoms with Crippen molar-refractivity contribution in [2.45, 2.75) is 32.7 Å². The first-order valence-electron chi connectivity index (χ1n) is 9.25. The number of ether oxygens (including phenoxy) is 1. The van der Waals surface area contributed by atoms with Gasteiger partial charge >= 0.3 is 0 Å². The van der Waals surface area contributed by atoms with E-state index in [2.05, 4.69) is 46.6 Å². The Morgan fingerprint density at radius 1 is 1.27 bits per heavy atom. The lowest BCUT2D eigenvalue weighted by molar-refractivity contribution is -0.120. The van der Waals surface area contributed by atoms with Crippen LogP contribution < -0.4 is 5.32 Å². The minimum atomic E-state index is -0.0401. The highest BCUT2D eigenvalue weighted by Crippen LogP contribution is 2.22. The lowest BCUT2D eigenvalue weighted by Gasteiger charge is -2.35. The smallest absolute Gasteiger partial charge is 0.226 e. The summed E-state index contributed by atoms with van der Waals surface area (Å²) in [5, 5.41) is 6.95. The van der Waals surface area contributed by atoms with E-state index in [1.807, 2.05) is 6.92 Å². The van der Waals surface area contributed by atoms with Crippen molar-refractivity contribution in [2.24, 2.45) is 0 Å². The van der Waals surface area contributed by atoms with Crippen molar-refractivity contribution in [2.75, 3.05) is 32.8 Å². The van der Waals surface area contributed by atoms with Crippen LogP contribution in [0.15, 0.2) is 34.9 Å². The molecule has 0 saturated carbocycles. The Hall–Kier alpha value is -2.18. The van der Waals surface area contributed by atoms with Crippen molar-refractivity contribution in [1.82, 2.24) is 15.4 Å². The molecule has 26 heavy (non-hydrogen) atoms. The molecule has 1 aliphatic rings. The van der Waals surface area contributed by atoms with Gasteiger partial charge in [0.1, 0.15) is 5.76 Å². The van der Waals surface area contributed by atoms with E-state index < -0.39 is 0 Å². The van der Waals surface area contributed by atoms with Crippen molar-refractivity contribution in [3.8, 4) is 0 Å². The number of carbonyl (C=O) groups is 1. The molecule has 1 aromatic carbocycles. The molecule has 1 aromatic heterocycles. The van der Waals surface area contributed by atoms with Gasteiger partial charge in [-0.15, -0.1) is 0 Å². The van der Waals surface area contributed by atoms with Crippen molar-refractivity contribution < 1.29 is 14.1 Å². The summed E-state index contributed by atoms with van der Waals surface area (Å²) in [6, 6.07) is 10.6. The Morgan fingerprint density at radius 3 is 2.62 bits per heavy atom. The molecule has 0 spiro atoms. The van der Waals surface area contributed by atoms with E-state index in [1.165, 1.54) is 11.1 Å². The fourth-order valence-electron chi connectivity index (χ4n) is 3.26. The molecule has 1 aliphatic heterocycles. The van der Waals surface area contributed by atoms with Gasteiger partial charge < -0.3 is 14.6 Å². The summed E-state index contributed by atoms with van der Waals surface area (Å²) in [5.74, 6) is 0.678. The number of aromatic nitrogens is 1. The van der Waals surface area contributed by atoms with Crippen molar-refractivity contribution >= 4 is 5.91 Å². The predicted octanol–water partition coefficient (Wildman–Crippen LogP) is 2.28. The first-order valence-corrected chi connectivity index (χ1v) is 9.25. The van der Waals surface area contributed by atoms with Gasteiger partial charge in [0.05, 0.1) is 31.4 Å². The highest BCUT2D eigenvalue weighted by molar-refractivity contribution is 5.78. The fourth-order valence-corrected chi connectivity index (χ4v) is 3.26. The Balaban J connectivity index is 1.65. The average molecular weight is 357 g/mol. The maximum atomic E-state index is 12.3. The Morgan fingerprint density at radius 2 is 2.00 bits per heavy atom. The number of benzene rings is 1. The molecule has 0 radical (unpaired) electrons. The molecule has 2 heterocycles. The highest BCUT2D eigenvalue weighted by Gasteiger charge is 2.23. The first-order chi connectivity index (χ1) is 12.7. The SMILES string of the molecule is CCc1ccc(C(CNC(=O)Cc2cc(C)on2)N2CCOCC2)cc1. The van der Waals surface area contributed by atoms with Gasteiger partial charge in [0.2, 0.25) is 5.91 Å². The standard InChI is InChI=1S/C20H27N3O3/c1-3-16-4-6-17(7-5-16)19(23-8-10-25-11-9-23)14-21-20(24)13-18-12-15(2)26-22-18/h4-7,12,19H,3,8-11,13-14H2,1-2H3,(H,21,24). The van der Waals surface area contributed by atoms with E-state index >= 15 is 0 Å². The molecule has 1 unspecified atom stereocenters. The van der Waals surface area contributed by atoms with Gasteiger partial charge in [-0.3, -0.25) is 9.69 Å². The number of nitrogens with one attached hydrogen (secondary N) is 1. The van der Waals surface area contributed by atoms with Gasteiger partial charge in [0.15, 0.2) is 0 Å². The van der Waals surface area contributed by atoms with Crippen molar-refractivity contribution in [3.05, 3.63) is 52.9 Å². The molecule has 140 valence electrons. The number of carbonyl (C=O) groups excluding carboxylic acids is 1. The number of aryl methyl sites for hydroxylation is 2. The molecular weight excluding hydrogens is 330 g/mol. The van der Waals surface area contributed by atoms with Gasteiger partial charge in [-0.2, -0.15) is 0 Å². The van der Waals surface area contributed by atoms with Gasteiger partial charge in [0.25, 0.3) is 0 Å². The molecule has 1 saturated heterocycles. The number of amides is 1. The number of rotatable bonds is 7. The number of nitrogens with zero attached hydrogens (tertiary/aromatic N) is 2. The minimum Gasteiger partial charge on any atom is -0.379 e. The summed E-state index contributed by atoms with van der Waals surface area (Å²) >= 11 is 0. The molecule has 1 amide bonds. The molecule has 0 bridgehead atoms. The van der Waals surface area contributed by atoms with Crippen LogP contribution in [-0.2, 0) is 22.4 Å². The van der Waals surface area contributed by atoms with Gasteiger partial charge in [0, 0.05) is 25.7 Å². The Labute approximate surface area is 154 Å². The van der Waals surface area contributed by atoms with Crippen LogP contribution in [0.4, 0.5) is 0 Å². The third-order valence-corrected chi connectivity index (χ3v) is 4.77. The van der Waals surface area contributed by atoms with Crippen LogP contribution in [-0.4, -0.2) is 48.8 Å². The molecule has 2 aromatic rings. The van der Waals surface area contributed by atoms with E-state index in [0.717, 1.165) is 38.5 Å². The van der Waals surface area contributed by atoms with Gasteiger partial charge in [-0.1, -0.05) is 36.3 Å². The van der Waals surface area contributed by atoms with Crippen LogP contribution >= 0.6 is 0 Å².